The van der Waals surface area contributed by atoms with E-state index >= 15 is 0 Å². The Morgan fingerprint density at radius 1 is 0.696 bits per heavy atom. The third-order valence-corrected chi connectivity index (χ3v) is 8.54. The fourth-order valence-corrected chi connectivity index (χ4v) is 6.72. The van der Waals surface area contributed by atoms with Gasteiger partial charge in [-0.25, -0.2) is 0 Å². The minimum Gasteiger partial charge on any atom is -0.411 e. The summed E-state index contributed by atoms with van der Waals surface area (Å²) in [6, 6.07) is 31.1. The van der Waals surface area contributed by atoms with Crippen molar-refractivity contribution >= 4 is 18.7 Å². The molecule has 0 bridgehead atoms. The van der Waals surface area contributed by atoms with E-state index < -0.39 is 8.32 Å². The van der Waals surface area contributed by atoms with E-state index in [2.05, 4.69) is 91.9 Å². The Morgan fingerprint density at radius 3 is 1.61 bits per heavy atom. The van der Waals surface area contributed by atoms with Crippen LogP contribution in [0.2, 0.25) is 0 Å². The molecule has 0 aliphatic heterocycles. The summed E-state index contributed by atoms with van der Waals surface area (Å²) in [5.41, 5.74) is 2.62. The highest BCUT2D eigenvalue weighted by atomic mass is 28.4. The van der Waals surface area contributed by atoms with Crippen LogP contribution in [-0.4, -0.2) is 15.4 Å². The van der Waals surface area contributed by atoms with Crippen LogP contribution in [0.1, 0.15) is 11.1 Å². The molecule has 0 atom stereocenters. The summed E-state index contributed by atoms with van der Waals surface area (Å²) < 4.78 is 6.28. The highest BCUT2D eigenvalue weighted by Gasteiger charge is 2.38. The van der Waals surface area contributed by atoms with E-state index in [1.165, 1.54) is 21.5 Å². The van der Waals surface area contributed by atoms with E-state index in [1.54, 1.807) is 0 Å². The molecule has 0 aliphatic carbocycles. The molecule has 0 saturated carbocycles. The van der Waals surface area contributed by atoms with Crippen LogP contribution in [0.3, 0.4) is 0 Å². The summed E-state index contributed by atoms with van der Waals surface area (Å²) in [6.45, 7) is 2.12. The standard InChI is InChI=1S/C21H22OSi/c1-18-13-15-19(16-14-18)17-23(22-2,20-9-5-3-6-10-20)21-11-7-4-8-12-21/h3-16H,17H2,1-2H3. The molecule has 0 N–H and O–H groups in total. The van der Waals surface area contributed by atoms with Crippen LogP contribution in [0.5, 0.6) is 0 Å². The van der Waals surface area contributed by atoms with E-state index in [0.717, 1.165) is 6.04 Å². The van der Waals surface area contributed by atoms with Gasteiger partial charge in [-0.15, -0.1) is 0 Å². The fourth-order valence-electron chi connectivity index (χ4n) is 3.09. The largest absolute Gasteiger partial charge is 0.411 e. The summed E-state index contributed by atoms with van der Waals surface area (Å²) in [5, 5.41) is 2.63. The quantitative estimate of drug-likeness (QED) is 0.655. The van der Waals surface area contributed by atoms with Crippen LogP contribution in [0.4, 0.5) is 0 Å². The lowest BCUT2D eigenvalue weighted by molar-refractivity contribution is 0.414. The number of benzene rings is 3. The fraction of sp³-hybridized carbons (Fsp3) is 0.143. The first-order valence-corrected chi connectivity index (χ1v) is 10.1. The van der Waals surface area contributed by atoms with Gasteiger partial charge in [-0.3, -0.25) is 0 Å². The maximum absolute atomic E-state index is 6.28. The van der Waals surface area contributed by atoms with Crippen molar-refractivity contribution < 1.29 is 4.43 Å². The summed E-state index contributed by atoms with van der Waals surface area (Å²) in [6.07, 6.45) is 0. The summed E-state index contributed by atoms with van der Waals surface area (Å²) in [5.74, 6) is 0. The van der Waals surface area contributed by atoms with Gasteiger partial charge in [0, 0.05) is 7.11 Å². The second kappa shape index (κ2) is 6.94. The molecule has 3 aromatic carbocycles. The molecule has 0 fully saturated rings. The molecule has 23 heavy (non-hydrogen) atoms. The average Bonchev–Trinajstić information content (AvgIpc) is 2.63. The van der Waals surface area contributed by atoms with Crippen LogP contribution < -0.4 is 10.4 Å². The number of aryl methyl sites for hydroxylation is 1. The lowest BCUT2D eigenvalue weighted by Gasteiger charge is -2.31. The van der Waals surface area contributed by atoms with E-state index in [4.69, 9.17) is 4.43 Å². The van der Waals surface area contributed by atoms with E-state index in [-0.39, 0.29) is 0 Å². The maximum atomic E-state index is 6.28. The lowest BCUT2D eigenvalue weighted by atomic mass is 10.2. The van der Waals surface area contributed by atoms with Crippen LogP contribution in [0, 0.1) is 6.92 Å². The maximum Gasteiger partial charge on any atom is 0.259 e. The van der Waals surface area contributed by atoms with Gasteiger partial charge in [0.1, 0.15) is 0 Å². The number of hydrogen-bond acceptors (Lipinski definition) is 1. The molecule has 2 heteroatoms. The Hall–Kier alpha value is -2.16. The molecule has 0 aromatic heterocycles. The molecular weight excluding hydrogens is 296 g/mol. The highest BCUT2D eigenvalue weighted by Crippen LogP contribution is 2.15. The van der Waals surface area contributed by atoms with Crippen molar-refractivity contribution in [2.75, 3.05) is 7.11 Å². The van der Waals surface area contributed by atoms with Crippen LogP contribution in [0.25, 0.3) is 0 Å². The zero-order chi connectivity index (χ0) is 16.1. The average molecular weight is 318 g/mol. The molecule has 3 aromatic rings. The first kappa shape index (κ1) is 15.7. The van der Waals surface area contributed by atoms with Gasteiger partial charge >= 0.3 is 0 Å². The molecule has 3 rings (SSSR count). The first-order valence-electron chi connectivity index (χ1n) is 7.96. The summed E-state index contributed by atoms with van der Waals surface area (Å²) in [4.78, 5) is 0. The number of hydrogen-bond donors (Lipinski definition) is 0. The molecule has 0 unspecified atom stereocenters. The summed E-state index contributed by atoms with van der Waals surface area (Å²) in [7, 11) is -0.418. The van der Waals surface area contributed by atoms with Crippen LogP contribution in [0.15, 0.2) is 84.9 Å². The van der Waals surface area contributed by atoms with Gasteiger partial charge in [-0.1, -0.05) is 90.5 Å². The van der Waals surface area contributed by atoms with Crippen molar-refractivity contribution in [1.82, 2.24) is 0 Å². The molecule has 116 valence electrons. The minimum absolute atomic E-state index is 0.942. The third kappa shape index (κ3) is 3.28. The zero-order valence-corrected chi connectivity index (χ0v) is 14.7. The molecule has 0 heterocycles. The number of rotatable bonds is 5. The predicted molar refractivity (Wildman–Crippen MR) is 99.8 cm³/mol. The normalized spacial score (nSPS) is 11.4. The molecule has 0 radical (unpaired) electrons. The van der Waals surface area contributed by atoms with Crippen molar-refractivity contribution in [1.29, 1.82) is 0 Å². The van der Waals surface area contributed by atoms with Gasteiger partial charge in [0.15, 0.2) is 0 Å². The zero-order valence-electron chi connectivity index (χ0n) is 13.7. The Morgan fingerprint density at radius 2 is 1.17 bits per heavy atom. The van der Waals surface area contributed by atoms with Gasteiger partial charge in [-0.2, -0.15) is 0 Å². The van der Waals surface area contributed by atoms with E-state index in [1.807, 2.05) is 7.11 Å². The van der Waals surface area contributed by atoms with Gasteiger partial charge in [0.05, 0.1) is 0 Å². The van der Waals surface area contributed by atoms with Gasteiger partial charge < -0.3 is 4.43 Å². The topological polar surface area (TPSA) is 9.23 Å². The Labute approximate surface area is 139 Å². The van der Waals surface area contributed by atoms with Crippen molar-refractivity contribution in [3.8, 4) is 0 Å². The van der Waals surface area contributed by atoms with Gasteiger partial charge in [0.2, 0.25) is 0 Å². The second-order valence-corrected chi connectivity index (χ2v) is 9.50. The highest BCUT2D eigenvalue weighted by molar-refractivity contribution is 6.97. The SMILES string of the molecule is CO[Si](Cc1ccc(C)cc1)(c1ccccc1)c1ccccc1. The van der Waals surface area contributed by atoms with Crippen LogP contribution >= 0.6 is 0 Å². The lowest BCUT2D eigenvalue weighted by Crippen LogP contribution is -2.62. The molecule has 0 saturated heterocycles. The second-order valence-electron chi connectivity index (χ2n) is 5.93. The molecule has 1 nitrogen and oxygen atoms in total. The van der Waals surface area contributed by atoms with Crippen molar-refractivity contribution in [2.24, 2.45) is 0 Å². The van der Waals surface area contributed by atoms with Crippen LogP contribution in [-0.2, 0) is 10.5 Å². The smallest absolute Gasteiger partial charge is 0.259 e. The Kier molecular flexibility index (Phi) is 4.75. The van der Waals surface area contributed by atoms with E-state index in [0.29, 0.717) is 0 Å². The molecule has 0 aliphatic rings. The van der Waals surface area contributed by atoms with Crippen molar-refractivity contribution in [3.05, 3.63) is 96.1 Å². The van der Waals surface area contributed by atoms with Gasteiger partial charge in [0.25, 0.3) is 8.32 Å². The molecule has 0 spiro atoms. The third-order valence-electron chi connectivity index (χ3n) is 4.40. The monoisotopic (exact) mass is 318 g/mol. The Balaban J connectivity index is 2.11. The summed E-state index contributed by atoms with van der Waals surface area (Å²) >= 11 is 0. The first-order chi connectivity index (χ1) is 11.2. The van der Waals surface area contributed by atoms with Gasteiger partial charge in [-0.05, 0) is 28.9 Å². The minimum atomic E-state index is -2.28. The Bertz CT molecular complexity index is 696. The van der Waals surface area contributed by atoms with E-state index in [9.17, 15) is 0 Å². The van der Waals surface area contributed by atoms with Crippen molar-refractivity contribution in [2.45, 2.75) is 13.0 Å². The van der Waals surface area contributed by atoms with Crippen molar-refractivity contribution in [3.63, 3.8) is 0 Å². The predicted octanol–water partition coefficient (Wildman–Crippen LogP) is 3.48. The molecule has 0 amide bonds. The molecular formula is C21H22OSi.